The van der Waals surface area contributed by atoms with Crippen LogP contribution >= 0.6 is 0 Å². The van der Waals surface area contributed by atoms with Gasteiger partial charge in [0.25, 0.3) is 0 Å². The third-order valence-corrected chi connectivity index (χ3v) is 3.98. The molecule has 0 aromatic heterocycles. The first-order valence-corrected chi connectivity index (χ1v) is 8.40. The van der Waals surface area contributed by atoms with E-state index in [4.69, 9.17) is 9.47 Å². The predicted octanol–water partition coefficient (Wildman–Crippen LogP) is 0.930. The molecule has 0 radical (unpaired) electrons. The Kier molecular flexibility index (Phi) is 6.80. The molecule has 118 valence electrons. The van der Waals surface area contributed by atoms with Crippen molar-refractivity contribution in [3.63, 3.8) is 0 Å². The highest BCUT2D eigenvalue weighted by atomic mass is 32.2. The fraction of sp³-hybridized carbons (Fsp3) is 0.500. The lowest BCUT2D eigenvalue weighted by Gasteiger charge is -2.14. The highest BCUT2D eigenvalue weighted by molar-refractivity contribution is 7.90. The smallest absolute Gasteiger partial charge is 0.246 e. The van der Waals surface area contributed by atoms with Crippen LogP contribution in [0.15, 0.2) is 29.2 Å². The van der Waals surface area contributed by atoms with E-state index in [1.807, 2.05) is 6.92 Å². The average molecular weight is 315 g/mol. The van der Waals surface area contributed by atoms with Crippen molar-refractivity contribution in [2.24, 2.45) is 0 Å². The molecule has 0 aliphatic heterocycles. The first kappa shape index (κ1) is 17.6. The van der Waals surface area contributed by atoms with Crippen LogP contribution in [0.2, 0.25) is 0 Å². The number of rotatable bonds is 8. The van der Waals surface area contributed by atoms with Crippen LogP contribution in [0.25, 0.3) is 0 Å². The Morgan fingerprint density at radius 3 is 2.38 bits per heavy atom. The van der Waals surface area contributed by atoms with E-state index in [0.717, 1.165) is 11.8 Å². The lowest BCUT2D eigenvalue weighted by atomic mass is 10.1. The van der Waals surface area contributed by atoms with Crippen molar-refractivity contribution in [1.29, 1.82) is 0 Å². The van der Waals surface area contributed by atoms with Gasteiger partial charge in [0.2, 0.25) is 5.91 Å². The first-order chi connectivity index (χ1) is 9.84. The van der Waals surface area contributed by atoms with Crippen molar-refractivity contribution < 1.29 is 22.7 Å². The molecule has 0 aliphatic rings. The second-order valence-electron chi connectivity index (χ2n) is 4.68. The maximum atomic E-state index is 11.6. The number of nitrogens with one attached hydrogen (secondary N) is 1. The van der Waals surface area contributed by atoms with Gasteiger partial charge in [-0.2, -0.15) is 0 Å². The van der Waals surface area contributed by atoms with E-state index in [9.17, 15) is 13.2 Å². The van der Waals surface area contributed by atoms with Gasteiger partial charge in [-0.05, 0) is 24.6 Å². The van der Waals surface area contributed by atoms with Crippen molar-refractivity contribution in [3.8, 4) is 0 Å². The van der Waals surface area contributed by atoms with E-state index in [1.165, 1.54) is 12.1 Å². The van der Waals surface area contributed by atoms with Crippen LogP contribution in [0.3, 0.4) is 0 Å². The second kappa shape index (κ2) is 8.11. The predicted molar refractivity (Wildman–Crippen MR) is 78.8 cm³/mol. The van der Waals surface area contributed by atoms with Crippen LogP contribution < -0.4 is 5.32 Å². The molecule has 1 atom stereocenters. The zero-order valence-electron chi connectivity index (χ0n) is 12.5. The number of amides is 1. The van der Waals surface area contributed by atoms with E-state index >= 15 is 0 Å². The molecule has 0 heterocycles. The lowest BCUT2D eigenvalue weighted by Crippen LogP contribution is -2.30. The van der Waals surface area contributed by atoms with Crippen LogP contribution in [-0.2, 0) is 24.1 Å². The Labute approximate surface area is 125 Å². The van der Waals surface area contributed by atoms with E-state index in [2.05, 4.69) is 5.32 Å². The number of sulfone groups is 1. The monoisotopic (exact) mass is 315 g/mol. The molecule has 1 N–H and O–H groups in total. The summed E-state index contributed by atoms with van der Waals surface area (Å²) in [6.07, 6.45) is 1.16. The minimum atomic E-state index is -3.21. The Morgan fingerprint density at radius 2 is 1.86 bits per heavy atom. The van der Waals surface area contributed by atoms with Crippen molar-refractivity contribution in [2.45, 2.75) is 17.9 Å². The van der Waals surface area contributed by atoms with Crippen LogP contribution in [-0.4, -0.2) is 47.5 Å². The Bertz CT molecular complexity index is 553. The van der Waals surface area contributed by atoms with E-state index in [-0.39, 0.29) is 23.5 Å². The molecular weight excluding hydrogens is 294 g/mol. The van der Waals surface area contributed by atoms with Gasteiger partial charge in [-0.15, -0.1) is 0 Å². The normalized spacial score (nSPS) is 12.9. The summed E-state index contributed by atoms with van der Waals surface area (Å²) in [6.45, 7) is 2.59. The van der Waals surface area contributed by atoms with Crippen molar-refractivity contribution in [1.82, 2.24) is 5.32 Å². The van der Waals surface area contributed by atoms with E-state index < -0.39 is 9.84 Å². The molecule has 1 aromatic rings. The van der Waals surface area contributed by atoms with Gasteiger partial charge in [-0.1, -0.05) is 12.1 Å². The molecule has 1 rings (SSSR count). The van der Waals surface area contributed by atoms with Gasteiger partial charge in [0, 0.05) is 13.4 Å². The molecule has 0 aliphatic carbocycles. The van der Waals surface area contributed by atoms with Crippen LogP contribution in [0.1, 0.15) is 18.5 Å². The number of carbonyl (C=O) groups is 1. The summed E-state index contributed by atoms with van der Waals surface area (Å²) in [4.78, 5) is 11.9. The second-order valence-corrected chi connectivity index (χ2v) is 6.69. The van der Waals surface area contributed by atoms with Gasteiger partial charge in [0.15, 0.2) is 9.84 Å². The van der Waals surface area contributed by atoms with Crippen LogP contribution in [0.4, 0.5) is 0 Å². The summed E-state index contributed by atoms with van der Waals surface area (Å²) in [5.74, 6) is -0.231. The number of hydrogen-bond acceptors (Lipinski definition) is 5. The molecule has 1 aromatic carbocycles. The van der Waals surface area contributed by atoms with Gasteiger partial charge < -0.3 is 14.8 Å². The minimum absolute atomic E-state index is 0.0326. The van der Waals surface area contributed by atoms with Gasteiger partial charge >= 0.3 is 0 Å². The molecule has 6 nitrogen and oxygen atoms in total. The third kappa shape index (κ3) is 6.24. The fourth-order valence-electron chi connectivity index (χ4n) is 1.68. The number of carbonyl (C=O) groups excluding carboxylic acids is 1. The summed E-state index contributed by atoms with van der Waals surface area (Å²) < 4.78 is 32.7. The maximum Gasteiger partial charge on any atom is 0.246 e. The highest BCUT2D eigenvalue weighted by Gasteiger charge is 2.11. The number of ether oxygens (including phenoxy) is 2. The zero-order valence-corrected chi connectivity index (χ0v) is 13.3. The largest absolute Gasteiger partial charge is 0.382 e. The Morgan fingerprint density at radius 1 is 1.24 bits per heavy atom. The average Bonchev–Trinajstić information content (AvgIpc) is 2.43. The van der Waals surface area contributed by atoms with E-state index in [0.29, 0.717) is 13.2 Å². The summed E-state index contributed by atoms with van der Waals surface area (Å²) in [6, 6.07) is 6.21. The van der Waals surface area contributed by atoms with E-state index in [1.54, 1.807) is 19.2 Å². The molecule has 7 heteroatoms. The zero-order chi connectivity index (χ0) is 15.9. The maximum absolute atomic E-state index is 11.6. The van der Waals surface area contributed by atoms with Gasteiger partial charge in [0.05, 0.1) is 24.2 Å². The van der Waals surface area contributed by atoms with Crippen molar-refractivity contribution in [3.05, 3.63) is 29.8 Å². The van der Waals surface area contributed by atoms with Crippen LogP contribution in [0.5, 0.6) is 0 Å². The van der Waals surface area contributed by atoms with Crippen molar-refractivity contribution in [2.75, 3.05) is 33.2 Å². The lowest BCUT2D eigenvalue weighted by molar-refractivity contribution is -0.126. The molecular formula is C14H21NO5S. The quantitative estimate of drug-likeness (QED) is 0.722. The van der Waals surface area contributed by atoms with Crippen LogP contribution in [0, 0.1) is 0 Å². The topological polar surface area (TPSA) is 81.7 Å². The van der Waals surface area contributed by atoms with Gasteiger partial charge in [-0.3, -0.25) is 4.79 Å². The molecule has 0 bridgehead atoms. The Balaban J connectivity index is 2.52. The summed E-state index contributed by atoms with van der Waals surface area (Å²) in [5, 5.41) is 2.78. The Hall–Kier alpha value is -1.44. The molecule has 0 spiro atoms. The first-order valence-electron chi connectivity index (χ1n) is 6.50. The fourth-order valence-corrected chi connectivity index (χ4v) is 2.31. The minimum Gasteiger partial charge on any atom is -0.382 e. The number of methoxy groups -OCH3 is 1. The number of benzene rings is 1. The molecule has 0 saturated heterocycles. The highest BCUT2D eigenvalue weighted by Crippen LogP contribution is 2.16. The standard InChI is InChI=1S/C14H21NO5S/c1-11(15-14(16)10-20-9-8-19-2)12-4-6-13(7-5-12)21(3,17)18/h4-7,11H,8-10H2,1-3H3,(H,15,16). The van der Waals surface area contributed by atoms with Gasteiger partial charge in [0.1, 0.15) is 6.61 Å². The third-order valence-electron chi connectivity index (χ3n) is 2.85. The molecule has 0 fully saturated rings. The van der Waals surface area contributed by atoms with Crippen molar-refractivity contribution >= 4 is 15.7 Å². The summed E-state index contributed by atoms with van der Waals surface area (Å²) >= 11 is 0. The van der Waals surface area contributed by atoms with Gasteiger partial charge in [-0.25, -0.2) is 8.42 Å². The molecule has 1 unspecified atom stereocenters. The molecule has 0 saturated carbocycles. The molecule has 1 amide bonds. The number of hydrogen-bond donors (Lipinski definition) is 1. The molecule has 21 heavy (non-hydrogen) atoms. The summed E-state index contributed by atoms with van der Waals surface area (Å²) in [7, 11) is -1.64. The SMILES string of the molecule is COCCOCC(=O)NC(C)c1ccc(S(C)(=O)=O)cc1. The summed E-state index contributed by atoms with van der Waals surface area (Å²) in [5.41, 5.74) is 0.827.